The predicted molar refractivity (Wildman–Crippen MR) is 99.5 cm³/mol. The first-order chi connectivity index (χ1) is 12.2. The Morgan fingerprint density at radius 3 is 2.52 bits per heavy atom. The molecule has 4 rings (SSSR count). The number of methoxy groups -OCH3 is 1. The van der Waals surface area contributed by atoms with Crippen LogP contribution in [0.25, 0.3) is 33.7 Å². The van der Waals surface area contributed by atoms with E-state index in [1.54, 1.807) is 7.11 Å². The zero-order valence-electron chi connectivity index (χ0n) is 14.1. The molecule has 4 aromatic rings. The van der Waals surface area contributed by atoms with Gasteiger partial charge in [-0.2, -0.15) is 0 Å². The van der Waals surface area contributed by atoms with Crippen LogP contribution in [-0.2, 0) is 0 Å². The second-order valence-corrected chi connectivity index (χ2v) is 5.85. The highest BCUT2D eigenvalue weighted by atomic mass is 16.5. The molecule has 0 amide bonds. The predicted octanol–water partition coefficient (Wildman–Crippen LogP) is 4.68. The lowest BCUT2D eigenvalue weighted by atomic mass is 10.1. The zero-order valence-corrected chi connectivity index (χ0v) is 14.1. The number of rotatable bonds is 3. The first-order valence-electron chi connectivity index (χ1n) is 8.09. The lowest BCUT2D eigenvalue weighted by Crippen LogP contribution is -1.96. The number of ether oxygens (including phenoxy) is 1. The molecule has 2 aromatic heterocycles. The molecule has 2 aromatic carbocycles. The summed E-state index contributed by atoms with van der Waals surface area (Å²) in [6.45, 7) is 2.06. The molecule has 0 saturated heterocycles. The van der Waals surface area contributed by atoms with E-state index < -0.39 is 0 Å². The number of hydrogen-bond acceptors (Lipinski definition) is 4. The maximum absolute atomic E-state index is 5.25. The second-order valence-electron chi connectivity index (χ2n) is 5.85. The van der Waals surface area contributed by atoms with Crippen LogP contribution >= 0.6 is 0 Å². The van der Waals surface area contributed by atoms with Gasteiger partial charge in [0.15, 0.2) is 5.82 Å². The Morgan fingerprint density at radius 1 is 0.880 bits per heavy atom. The van der Waals surface area contributed by atoms with Crippen molar-refractivity contribution in [3.63, 3.8) is 0 Å². The summed E-state index contributed by atoms with van der Waals surface area (Å²) in [6, 6.07) is 20.0. The van der Waals surface area contributed by atoms with Crippen molar-refractivity contribution in [2.75, 3.05) is 7.11 Å². The van der Waals surface area contributed by atoms with Crippen LogP contribution in [-0.4, -0.2) is 22.1 Å². The number of nitrogens with zero attached hydrogens (tertiary/aromatic N) is 3. The topological polar surface area (TPSA) is 47.9 Å². The summed E-state index contributed by atoms with van der Waals surface area (Å²) >= 11 is 0. The van der Waals surface area contributed by atoms with Gasteiger partial charge in [-0.1, -0.05) is 36.4 Å². The zero-order chi connectivity index (χ0) is 17.2. The molecule has 0 saturated carbocycles. The molecule has 4 nitrogen and oxygen atoms in total. The fourth-order valence-corrected chi connectivity index (χ4v) is 2.80. The standard InChI is InChI=1S/C21H17N3O/c1-14-8-10-19(23-20(14)15-6-4-3-5-7-15)21-22-13-16-12-17(25-2)9-11-18(16)24-21/h3-13H,1-2H3. The van der Waals surface area contributed by atoms with Gasteiger partial charge < -0.3 is 4.74 Å². The van der Waals surface area contributed by atoms with Crippen LogP contribution in [0.1, 0.15) is 5.56 Å². The minimum atomic E-state index is 0.620. The lowest BCUT2D eigenvalue weighted by molar-refractivity contribution is 0.415. The second kappa shape index (κ2) is 6.32. The Labute approximate surface area is 146 Å². The minimum Gasteiger partial charge on any atom is -0.497 e. The SMILES string of the molecule is COc1ccc2nc(-c3ccc(C)c(-c4ccccc4)n3)ncc2c1. The van der Waals surface area contributed by atoms with E-state index in [-0.39, 0.29) is 0 Å². The van der Waals surface area contributed by atoms with Crippen LogP contribution in [0.15, 0.2) is 66.9 Å². The molecule has 25 heavy (non-hydrogen) atoms. The van der Waals surface area contributed by atoms with Crippen molar-refractivity contribution in [2.24, 2.45) is 0 Å². The van der Waals surface area contributed by atoms with Crippen LogP contribution in [0.4, 0.5) is 0 Å². The van der Waals surface area contributed by atoms with Crippen molar-refractivity contribution in [1.29, 1.82) is 0 Å². The maximum atomic E-state index is 5.25. The molecule has 0 bridgehead atoms. The number of fused-ring (bicyclic) bond motifs is 1. The third kappa shape index (κ3) is 2.94. The third-order valence-corrected chi connectivity index (χ3v) is 4.16. The van der Waals surface area contributed by atoms with Gasteiger partial charge in [-0.3, -0.25) is 0 Å². The van der Waals surface area contributed by atoms with E-state index in [1.807, 2.05) is 48.7 Å². The molecule has 0 unspecified atom stereocenters. The molecular weight excluding hydrogens is 310 g/mol. The van der Waals surface area contributed by atoms with E-state index in [1.165, 1.54) is 0 Å². The van der Waals surface area contributed by atoms with Crippen LogP contribution in [0.3, 0.4) is 0 Å². The van der Waals surface area contributed by atoms with Gasteiger partial charge in [-0.25, -0.2) is 15.0 Å². The van der Waals surface area contributed by atoms with Gasteiger partial charge in [0.1, 0.15) is 11.4 Å². The molecule has 0 atom stereocenters. The Hall–Kier alpha value is -3.27. The van der Waals surface area contributed by atoms with Gasteiger partial charge in [-0.05, 0) is 36.8 Å². The highest BCUT2D eigenvalue weighted by Crippen LogP contribution is 2.25. The normalized spacial score (nSPS) is 10.8. The highest BCUT2D eigenvalue weighted by molar-refractivity contribution is 5.81. The highest BCUT2D eigenvalue weighted by Gasteiger charge is 2.10. The fraction of sp³-hybridized carbons (Fsp3) is 0.0952. The Bertz CT molecular complexity index is 1050. The molecule has 2 heterocycles. The number of aromatic nitrogens is 3. The molecule has 0 spiro atoms. The van der Waals surface area contributed by atoms with Crippen molar-refractivity contribution in [2.45, 2.75) is 6.92 Å². The first kappa shape index (κ1) is 15.3. The summed E-state index contributed by atoms with van der Waals surface area (Å²) in [5, 5.41) is 0.943. The van der Waals surface area contributed by atoms with E-state index in [0.717, 1.165) is 39.2 Å². The summed E-state index contributed by atoms with van der Waals surface area (Å²) in [7, 11) is 1.65. The molecule has 4 heteroatoms. The van der Waals surface area contributed by atoms with E-state index in [2.05, 4.69) is 35.1 Å². The molecular formula is C21H17N3O. The quantitative estimate of drug-likeness (QED) is 0.548. The summed E-state index contributed by atoms with van der Waals surface area (Å²) < 4.78 is 5.25. The van der Waals surface area contributed by atoms with Crippen LogP contribution in [0.5, 0.6) is 5.75 Å². The van der Waals surface area contributed by atoms with Gasteiger partial charge in [0.2, 0.25) is 0 Å². The smallest absolute Gasteiger partial charge is 0.178 e. The summed E-state index contributed by atoms with van der Waals surface area (Å²) in [5.74, 6) is 1.42. The van der Waals surface area contributed by atoms with Crippen molar-refractivity contribution in [1.82, 2.24) is 15.0 Å². The Balaban J connectivity index is 1.81. The summed E-state index contributed by atoms with van der Waals surface area (Å²) in [4.78, 5) is 13.9. The lowest BCUT2D eigenvalue weighted by Gasteiger charge is -2.08. The Morgan fingerprint density at radius 2 is 1.72 bits per heavy atom. The van der Waals surface area contributed by atoms with Crippen molar-refractivity contribution >= 4 is 10.9 Å². The Kier molecular flexibility index (Phi) is 3.86. The molecule has 0 aliphatic heterocycles. The average molecular weight is 327 g/mol. The maximum Gasteiger partial charge on any atom is 0.178 e. The number of benzene rings is 2. The van der Waals surface area contributed by atoms with Gasteiger partial charge in [0.25, 0.3) is 0 Å². The van der Waals surface area contributed by atoms with E-state index in [0.29, 0.717) is 5.82 Å². The summed E-state index contributed by atoms with van der Waals surface area (Å²) in [6.07, 6.45) is 1.81. The van der Waals surface area contributed by atoms with E-state index in [4.69, 9.17) is 9.72 Å². The van der Waals surface area contributed by atoms with Gasteiger partial charge in [0.05, 0.1) is 18.3 Å². The van der Waals surface area contributed by atoms with Gasteiger partial charge in [0, 0.05) is 17.1 Å². The summed E-state index contributed by atoms with van der Waals surface area (Å²) in [5.41, 5.74) is 4.81. The average Bonchev–Trinajstić information content (AvgIpc) is 2.68. The number of pyridine rings is 1. The van der Waals surface area contributed by atoms with Gasteiger partial charge >= 0.3 is 0 Å². The molecule has 0 N–H and O–H groups in total. The fourth-order valence-electron chi connectivity index (χ4n) is 2.80. The molecule has 0 aliphatic carbocycles. The monoisotopic (exact) mass is 327 g/mol. The van der Waals surface area contributed by atoms with Crippen molar-refractivity contribution < 1.29 is 4.74 Å². The van der Waals surface area contributed by atoms with Gasteiger partial charge in [-0.15, -0.1) is 0 Å². The van der Waals surface area contributed by atoms with Crippen LogP contribution < -0.4 is 4.74 Å². The molecule has 0 radical (unpaired) electrons. The van der Waals surface area contributed by atoms with Crippen LogP contribution in [0.2, 0.25) is 0 Å². The minimum absolute atomic E-state index is 0.620. The third-order valence-electron chi connectivity index (χ3n) is 4.16. The van der Waals surface area contributed by atoms with Crippen LogP contribution in [0, 0.1) is 6.92 Å². The van der Waals surface area contributed by atoms with E-state index in [9.17, 15) is 0 Å². The van der Waals surface area contributed by atoms with Crippen molar-refractivity contribution in [3.8, 4) is 28.5 Å². The molecule has 0 fully saturated rings. The van der Waals surface area contributed by atoms with Crippen molar-refractivity contribution in [3.05, 3.63) is 72.4 Å². The van der Waals surface area contributed by atoms with E-state index >= 15 is 0 Å². The number of hydrogen-bond donors (Lipinski definition) is 0. The molecule has 122 valence electrons. The first-order valence-corrected chi connectivity index (χ1v) is 8.09. The largest absolute Gasteiger partial charge is 0.497 e. The number of aryl methyl sites for hydroxylation is 1. The molecule has 0 aliphatic rings.